The summed E-state index contributed by atoms with van der Waals surface area (Å²) in [6, 6.07) is 7.10. The summed E-state index contributed by atoms with van der Waals surface area (Å²) >= 11 is 1.54. The van der Waals surface area contributed by atoms with E-state index in [1.165, 1.54) is 11.0 Å². The van der Waals surface area contributed by atoms with Crippen molar-refractivity contribution in [3.8, 4) is 0 Å². The molecule has 32 heavy (non-hydrogen) atoms. The summed E-state index contributed by atoms with van der Waals surface area (Å²) in [6.45, 7) is 5.15. The standard InChI is InChI=1S/C20H23F2N3O4S.C2H6/c21-13-3-4-16(15(22)12-13)24-7-9-25(10-8-24)20(29)18(27)17(26)19(28)23-6-5-14-2-1-11-30-14;1-2/h1-4,11-12,17-18,26-27H,5-10H2,(H,23,28);1-2H3/t17-,18-;/m1./s1. The third kappa shape index (κ3) is 6.72. The third-order valence-electron chi connectivity index (χ3n) is 4.91. The van der Waals surface area contributed by atoms with Crippen molar-refractivity contribution in [3.63, 3.8) is 0 Å². The van der Waals surface area contributed by atoms with Crippen LogP contribution in [0.3, 0.4) is 0 Å². The van der Waals surface area contributed by atoms with Gasteiger partial charge in [0, 0.05) is 43.7 Å². The Labute approximate surface area is 190 Å². The average molecular weight is 470 g/mol. The van der Waals surface area contributed by atoms with E-state index in [4.69, 9.17) is 0 Å². The van der Waals surface area contributed by atoms with Crippen LogP contribution in [0.5, 0.6) is 0 Å². The van der Waals surface area contributed by atoms with Gasteiger partial charge in [-0.05, 0) is 30.0 Å². The lowest BCUT2D eigenvalue weighted by atomic mass is 10.1. The summed E-state index contributed by atoms with van der Waals surface area (Å²) in [5.74, 6) is -2.95. The lowest BCUT2D eigenvalue weighted by molar-refractivity contribution is -0.153. The molecule has 0 spiro atoms. The highest BCUT2D eigenvalue weighted by Gasteiger charge is 2.34. The van der Waals surface area contributed by atoms with E-state index in [1.807, 2.05) is 31.4 Å². The molecule has 2 aromatic rings. The van der Waals surface area contributed by atoms with Gasteiger partial charge in [0.05, 0.1) is 5.69 Å². The van der Waals surface area contributed by atoms with Crippen LogP contribution >= 0.6 is 11.3 Å². The summed E-state index contributed by atoms with van der Waals surface area (Å²) in [5, 5.41) is 24.6. The summed E-state index contributed by atoms with van der Waals surface area (Å²) in [7, 11) is 0. The molecule has 2 heterocycles. The number of nitrogens with one attached hydrogen (secondary N) is 1. The van der Waals surface area contributed by atoms with E-state index in [9.17, 15) is 28.6 Å². The van der Waals surface area contributed by atoms with E-state index >= 15 is 0 Å². The fourth-order valence-corrected chi connectivity index (χ4v) is 3.95. The van der Waals surface area contributed by atoms with Crippen LogP contribution in [-0.2, 0) is 16.0 Å². The van der Waals surface area contributed by atoms with Crippen molar-refractivity contribution in [2.24, 2.45) is 0 Å². The molecule has 0 unspecified atom stereocenters. The van der Waals surface area contributed by atoms with Crippen LogP contribution in [0.25, 0.3) is 0 Å². The first-order chi connectivity index (χ1) is 15.4. The van der Waals surface area contributed by atoms with E-state index in [-0.39, 0.29) is 38.4 Å². The second-order valence-electron chi connectivity index (χ2n) is 6.92. The molecule has 0 bridgehead atoms. The maximum absolute atomic E-state index is 13.9. The summed E-state index contributed by atoms with van der Waals surface area (Å²) < 4.78 is 27.0. The molecule has 1 fully saturated rings. The minimum absolute atomic E-state index is 0.166. The van der Waals surface area contributed by atoms with Crippen molar-refractivity contribution < 1.29 is 28.6 Å². The smallest absolute Gasteiger partial charge is 0.254 e. The van der Waals surface area contributed by atoms with Gasteiger partial charge in [-0.25, -0.2) is 8.78 Å². The highest BCUT2D eigenvalue weighted by Crippen LogP contribution is 2.22. The number of piperazine rings is 1. The number of carbonyl (C=O) groups is 2. The normalized spacial score (nSPS) is 15.4. The SMILES string of the molecule is CC.O=C(NCCc1cccs1)[C@H](O)[C@@H](O)C(=O)N1CCN(c2ccc(F)cc2F)CC1. The van der Waals surface area contributed by atoms with Gasteiger partial charge in [-0.2, -0.15) is 0 Å². The number of nitrogens with zero attached hydrogens (tertiary/aromatic N) is 2. The maximum atomic E-state index is 13.9. The number of rotatable bonds is 7. The number of anilines is 1. The van der Waals surface area contributed by atoms with E-state index < -0.39 is 35.7 Å². The molecule has 0 saturated carbocycles. The Balaban J connectivity index is 0.00000176. The highest BCUT2D eigenvalue weighted by atomic mass is 32.1. The van der Waals surface area contributed by atoms with Crippen LogP contribution in [0.2, 0.25) is 0 Å². The van der Waals surface area contributed by atoms with Crippen molar-refractivity contribution in [2.75, 3.05) is 37.6 Å². The van der Waals surface area contributed by atoms with Crippen molar-refractivity contribution in [2.45, 2.75) is 32.5 Å². The molecule has 1 aliphatic heterocycles. The fourth-order valence-electron chi connectivity index (χ4n) is 3.24. The van der Waals surface area contributed by atoms with Gasteiger partial charge in [0.25, 0.3) is 11.8 Å². The van der Waals surface area contributed by atoms with Gasteiger partial charge in [-0.3, -0.25) is 9.59 Å². The molecule has 1 aliphatic rings. The Hall–Kier alpha value is -2.56. The van der Waals surface area contributed by atoms with Gasteiger partial charge in [-0.15, -0.1) is 11.3 Å². The molecule has 2 atom stereocenters. The van der Waals surface area contributed by atoms with Crippen molar-refractivity contribution in [1.29, 1.82) is 0 Å². The lowest BCUT2D eigenvalue weighted by Crippen LogP contribution is -2.56. The van der Waals surface area contributed by atoms with E-state index in [0.717, 1.165) is 17.0 Å². The molecule has 1 saturated heterocycles. The number of benzene rings is 1. The molecule has 1 aromatic carbocycles. The minimum Gasteiger partial charge on any atom is -0.380 e. The predicted octanol–water partition coefficient (Wildman–Crippen LogP) is 1.78. The average Bonchev–Trinajstić information content (AvgIpc) is 3.32. The van der Waals surface area contributed by atoms with Crippen LogP contribution in [0.1, 0.15) is 18.7 Å². The number of aliphatic hydroxyl groups excluding tert-OH is 2. The molecular formula is C22H29F2N3O4S. The van der Waals surface area contributed by atoms with Gasteiger partial charge < -0.3 is 25.3 Å². The van der Waals surface area contributed by atoms with Crippen LogP contribution in [0, 0.1) is 11.6 Å². The van der Waals surface area contributed by atoms with E-state index in [1.54, 1.807) is 16.2 Å². The summed E-state index contributed by atoms with van der Waals surface area (Å²) in [5.41, 5.74) is 0.231. The van der Waals surface area contributed by atoms with Gasteiger partial charge in [0.2, 0.25) is 0 Å². The monoisotopic (exact) mass is 469 g/mol. The predicted molar refractivity (Wildman–Crippen MR) is 120 cm³/mol. The number of hydrogen-bond acceptors (Lipinski definition) is 6. The number of thiophene rings is 1. The number of amides is 2. The quantitative estimate of drug-likeness (QED) is 0.575. The van der Waals surface area contributed by atoms with Crippen molar-refractivity contribution in [3.05, 3.63) is 52.2 Å². The number of aliphatic hydroxyl groups is 2. The van der Waals surface area contributed by atoms with Crippen LogP contribution < -0.4 is 10.2 Å². The molecular weight excluding hydrogens is 440 g/mol. The fraction of sp³-hybridized carbons (Fsp3) is 0.455. The largest absolute Gasteiger partial charge is 0.380 e. The van der Waals surface area contributed by atoms with E-state index in [0.29, 0.717) is 6.42 Å². The number of halogens is 2. The zero-order chi connectivity index (χ0) is 23.7. The van der Waals surface area contributed by atoms with Gasteiger partial charge in [0.1, 0.15) is 11.6 Å². The van der Waals surface area contributed by atoms with Crippen molar-refractivity contribution in [1.82, 2.24) is 10.2 Å². The molecule has 2 amide bonds. The first-order valence-corrected chi connectivity index (χ1v) is 11.4. The van der Waals surface area contributed by atoms with Gasteiger partial charge >= 0.3 is 0 Å². The molecule has 1 aromatic heterocycles. The van der Waals surface area contributed by atoms with Gasteiger partial charge in [0.15, 0.2) is 12.2 Å². The van der Waals surface area contributed by atoms with Crippen LogP contribution in [0.4, 0.5) is 14.5 Å². The first kappa shape index (κ1) is 25.7. The Morgan fingerprint density at radius 1 is 1.09 bits per heavy atom. The first-order valence-electron chi connectivity index (χ1n) is 10.5. The molecule has 3 rings (SSSR count). The van der Waals surface area contributed by atoms with Crippen LogP contribution in [0.15, 0.2) is 35.7 Å². The Bertz CT molecular complexity index is 874. The zero-order valence-corrected chi connectivity index (χ0v) is 18.9. The number of carbonyl (C=O) groups excluding carboxylic acids is 2. The molecule has 0 radical (unpaired) electrons. The Kier molecular flexibility index (Phi) is 10.0. The summed E-state index contributed by atoms with van der Waals surface area (Å²) in [6.07, 6.45) is -3.18. The molecule has 176 valence electrons. The third-order valence-corrected chi connectivity index (χ3v) is 5.85. The second kappa shape index (κ2) is 12.5. The highest BCUT2D eigenvalue weighted by molar-refractivity contribution is 7.09. The summed E-state index contributed by atoms with van der Waals surface area (Å²) in [4.78, 5) is 28.5. The zero-order valence-electron chi connectivity index (χ0n) is 18.1. The minimum atomic E-state index is -1.89. The lowest BCUT2D eigenvalue weighted by Gasteiger charge is -2.37. The second-order valence-corrected chi connectivity index (χ2v) is 7.95. The number of hydrogen-bond donors (Lipinski definition) is 3. The maximum Gasteiger partial charge on any atom is 0.254 e. The molecule has 7 nitrogen and oxygen atoms in total. The van der Waals surface area contributed by atoms with E-state index in [2.05, 4.69) is 5.32 Å². The Morgan fingerprint density at radius 3 is 2.38 bits per heavy atom. The van der Waals surface area contributed by atoms with Crippen molar-refractivity contribution >= 4 is 28.8 Å². The molecule has 10 heteroatoms. The van der Waals surface area contributed by atoms with Gasteiger partial charge in [-0.1, -0.05) is 19.9 Å². The Morgan fingerprint density at radius 2 is 1.78 bits per heavy atom. The van der Waals surface area contributed by atoms with Crippen LogP contribution in [-0.4, -0.2) is 71.9 Å². The molecule has 0 aliphatic carbocycles. The molecule has 3 N–H and O–H groups in total. The topological polar surface area (TPSA) is 93.1 Å².